The van der Waals surface area contributed by atoms with Crippen molar-refractivity contribution in [1.82, 2.24) is 15.5 Å². The molecular weight excluding hydrogens is 404 g/mol. The molecule has 10 N–H and O–H groups in total. The van der Waals surface area contributed by atoms with Gasteiger partial charge in [-0.3, -0.25) is 24.2 Å². The number of guanidine groups is 1. The van der Waals surface area contributed by atoms with Crippen molar-refractivity contribution in [1.29, 1.82) is 0 Å². The molecule has 0 aromatic carbocycles. The quantitative estimate of drug-likeness (QED) is 0.0980. The zero-order valence-corrected chi connectivity index (χ0v) is 18.0. The number of nitrogens with zero attached hydrogens (tertiary/aromatic N) is 2. The molecular formula is C19H36N8O4. The Labute approximate surface area is 182 Å². The van der Waals surface area contributed by atoms with Crippen LogP contribution in [0.4, 0.5) is 0 Å². The number of likely N-dealkylation sites (tertiary alicyclic amines) is 1. The smallest absolute Gasteiger partial charge is 0.243 e. The number of primary amides is 1. The van der Waals surface area contributed by atoms with E-state index in [1.807, 2.05) is 0 Å². The predicted octanol–water partition coefficient (Wildman–Crippen LogP) is -2.36. The SMILES string of the molecule is NCCCCCC(=O)N1CCC[C@H]1C(=O)N[C@@H](CCCN=C(N)N)C(=O)NCC(N)=O. The first-order valence-electron chi connectivity index (χ1n) is 10.7. The molecule has 1 saturated heterocycles. The molecule has 0 spiro atoms. The molecule has 176 valence electrons. The second-order valence-electron chi connectivity index (χ2n) is 7.54. The topological polar surface area (TPSA) is 212 Å². The van der Waals surface area contributed by atoms with Crippen LogP contribution in [0.15, 0.2) is 4.99 Å². The molecule has 12 heteroatoms. The summed E-state index contributed by atoms with van der Waals surface area (Å²) in [7, 11) is 0. The van der Waals surface area contributed by atoms with E-state index >= 15 is 0 Å². The van der Waals surface area contributed by atoms with Gasteiger partial charge >= 0.3 is 0 Å². The van der Waals surface area contributed by atoms with Gasteiger partial charge in [-0.2, -0.15) is 0 Å². The minimum absolute atomic E-state index is 0.0645. The Kier molecular flexibility index (Phi) is 12.0. The molecule has 0 saturated carbocycles. The zero-order valence-electron chi connectivity index (χ0n) is 18.0. The fourth-order valence-electron chi connectivity index (χ4n) is 3.42. The van der Waals surface area contributed by atoms with Crippen LogP contribution in [-0.2, 0) is 19.2 Å². The van der Waals surface area contributed by atoms with E-state index < -0.39 is 29.8 Å². The van der Waals surface area contributed by atoms with E-state index in [1.165, 1.54) is 0 Å². The number of hydrogen-bond donors (Lipinski definition) is 6. The lowest BCUT2D eigenvalue weighted by atomic mass is 10.1. The predicted molar refractivity (Wildman–Crippen MR) is 116 cm³/mol. The molecule has 1 heterocycles. The first-order chi connectivity index (χ1) is 14.8. The molecule has 1 aliphatic rings. The van der Waals surface area contributed by atoms with Gasteiger partial charge in [0.25, 0.3) is 0 Å². The minimum atomic E-state index is -0.900. The molecule has 2 atom stereocenters. The van der Waals surface area contributed by atoms with Crippen LogP contribution in [0.3, 0.4) is 0 Å². The molecule has 0 unspecified atom stereocenters. The highest BCUT2D eigenvalue weighted by molar-refractivity contribution is 5.93. The van der Waals surface area contributed by atoms with Gasteiger partial charge in [-0.25, -0.2) is 0 Å². The Hall–Kier alpha value is -2.89. The highest BCUT2D eigenvalue weighted by Crippen LogP contribution is 2.20. The number of nitrogens with one attached hydrogen (secondary N) is 2. The van der Waals surface area contributed by atoms with Gasteiger partial charge in [0.2, 0.25) is 23.6 Å². The van der Waals surface area contributed by atoms with Crippen molar-refractivity contribution in [2.24, 2.45) is 27.9 Å². The molecule has 1 rings (SSSR count). The van der Waals surface area contributed by atoms with Crippen LogP contribution in [-0.4, -0.2) is 72.8 Å². The summed E-state index contributed by atoms with van der Waals surface area (Å²) in [6, 6.07) is -1.52. The van der Waals surface area contributed by atoms with Gasteiger partial charge in [0.1, 0.15) is 12.1 Å². The average Bonchev–Trinajstić information content (AvgIpc) is 3.21. The third-order valence-corrected chi connectivity index (χ3v) is 4.99. The number of carbonyl (C=O) groups is 4. The number of carbonyl (C=O) groups excluding carboxylic acids is 4. The number of nitrogens with two attached hydrogens (primary N) is 4. The van der Waals surface area contributed by atoms with Gasteiger partial charge in [-0.05, 0) is 45.1 Å². The number of hydrogen-bond acceptors (Lipinski definition) is 6. The number of rotatable bonds is 14. The van der Waals surface area contributed by atoms with Crippen LogP contribution in [0, 0.1) is 0 Å². The number of aliphatic imine (C=N–C) groups is 1. The van der Waals surface area contributed by atoms with Crippen molar-refractivity contribution in [3.8, 4) is 0 Å². The third kappa shape index (κ3) is 10.1. The second-order valence-corrected chi connectivity index (χ2v) is 7.54. The van der Waals surface area contributed by atoms with Crippen LogP contribution in [0.25, 0.3) is 0 Å². The average molecular weight is 441 g/mol. The fourth-order valence-corrected chi connectivity index (χ4v) is 3.42. The van der Waals surface area contributed by atoms with Crippen molar-refractivity contribution >= 4 is 29.6 Å². The lowest BCUT2D eigenvalue weighted by molar-refractivity contribution is -0.139. The van der Waals surface area contributed by atoms with Gasteiger partial charge in [0.05, 0.1) is 6.54 Å². The summed E-state index contributed by atoms with van der Waals surface area (Å²) in [6.45, 7) is 1.05. The number of unbranched alkanes of at least 4 members (excludes halogenated alkanes) is 2. The summed E-state index contributed by atoms with van der Waals surface area (Å²) in [4.78, 5) is 54.2. The summed E-state index contributed by atoms with van der Waals surface area (Å²) < 4.78 is 0. The Morgan fingerprint density at radius 3 is 2.45 bits per heavy atom. The Balaban J connectivity index is 2.70. The molecule has 0 aromatic rings. The van der Waals surface area contributed by atoms with E-state index in [4.69, 9.17) is 22.9 Å². The van der Waals surface area contributed by atoms with Gasteiger partial charge < -0.3 is 38.5 Å². The first kappa shape index (κ1) is 26.1. The van der Waals surface area contributed by atoms with Crippen LogP contribution in [0.5, 0.6) is 0 Å². The van der Waals surface area contributed by atoms with Crippen molar-refractivity contribution in [2.45, 2.75) is 63.5 Å². The van der Waals surface area contributed by atoms with E-state index in [9.17, 15) is 19.2 Å². The fraction of sp³-hybridized carbons (Fsp3) is 0.737. The van der Waals surface area contributed by atoms with Crippen molar-refractivity contribution in [3.05, 3.63) is 0 Å². The van der Waals surface area contributed by atoms with Gasteiger partial charge in [-0.15, -0.1) is 0 Å². The largest absolute Gasteiger partial charge is 0.370 e. The summed E-state index contributed by atoms with van der Waals surface area (Å²) in [5, 5.41) is 5.10. The number of amides is 4. The molecule has 0 radical (unpaired) electrons. The maximum absolute atomic E-state index is 12.9. The van der Waals surface area contributed by atoms with Crippen LogP contribution in [0.1, 0.15) is 51.4 Å². The van der Waals surface area contributed by atoms with E-state index in [2.05, 4.69) is 15.6 Å². The van der Waals surface area contributed by atoms with Crippen molar-refractivity contribution in [2.75, 3.05) is 26.2 Å². The molecule has 12 nitrogen and oxygen atoms in total. The van der Waals surface area contributed by atoms with Gasteiger partial charge in [0, 0.05) is 19.5 Å². The van der Waals surface area contributed by atoms with E-state index in [0.717, 1.165) is 25.7 Å². The highest BCUT2D eigenvalue weighted by atomic mass is 16.2. The normalized spacial score (nSPS) is 16.4. The summed E-state index contributed by atoms with van der Waals surface area (Å²) >= 11 is 0. The van der Waals surface area contributed by atoms with Gasteiger partial charge in [0.15, 0.2) is 5.96 Å². The standard InChI is InChI=1S/C19H36N8O4/c20-9-3-1-2-8-16(29)27-11-5-7-14(27)18(31)26-13(6-4-10-24-19(22)23)17(30)25-12-15(21)28/h13-14H,1-12,20H2,(H2,21,28)(H,25,30)(H,26,31)(H4,22,23,24)/t13-,14-/m0/s1. The highest BCUT2D eigenvalue weighted by Gasteiger charge is 2.35. The molecule has 0 aromatic heterocycles. The maximum Gasteiger partial charge on any atom is 0.243 e. The van der Waals surface area contributed by atoms with Crippen LogP contribution >= 0.6 is 0 Å². The Morgan fingerprint density at radius 2 is 1.81 bits per heavy atom. The summed E-state index contributed by atoms with van der Waals surface area (Å²) in [5.41, 5.74) is 21.1. The molecule has 0 aliphatic carbocycles. The lowest BCUT2D eigenvalue weighted by Gasteiger charge is -2.26. The van der Waals surface area contributed by atoms with Gasteiger partial charge in [-0.1, -0.05) is 6.42 Å². The molecule has 1 aliphatic heterocycles. The van der Waals surface area contributed by atoms with Crippen LogP contribution in [0.2, 0.25) is 0 Å². The lowest BCUT2D eigenvalue weighted by Crippen LogP contribution is -2.53. The van der Waals surface area contributed by atoms with E-state index in [-0.39, 0.29) is 31.4 Å². The summed E-state index contributed by atoms with van der Waals surface area (Å²) in [5.74, 6) is -1.76. The molecule has 31 heavy (non-hydrogen) atoms. The van der Waals surface area contributed by atoms with E-state index in [1.54, 1.807) is 4.90 Å². The molecule has 1 fully saturated rings. The minimum Gasteiger partial charge on any atom is -0.370 e. The first-order valence-corrected chi connectivity index (χ1v) is 10.7. The Bertz CT molecular complexity index is 651. The third-order valence-electron chi connectivity index (χ3n) is 4.99. The van der Waals surface area contributed by atoms with Crippen molar-refractivity contribution < 1.29 is 19.2 Å². The van der Waals surface area contributed by atoms with Crippen molar-refractivity contribution in [3.63, 3.8) is 0 Å². The monoisotopic (exact) mass is 440 g/mol. The molecule has 4 amide bonds. The van der Waals surface area contributed by atoms with Crippen LogP contribution < -0.4 is 33.6 Å². The maximum atomic E-state index is 12.9. The zero-order chi connectivity index (χ0) is 23.2. The molecule has 0 bridgehead atoms. The van der Waals surface area contributed by atoms with E-state index in [0.29, 0.717) is 32.4 Å². The second kappa shape index (κ2) is 14.2. The summed E-state index contributed by atoms with van der Waals surface area (Å²) in [6.07, 6.45) is 4.76. The Morgan fingerprint density at radius 1 is 1.06 bits per heavy atom.